The van der Waals surface area contributed by atoms with E-state index in [0.29, 0.717) is 0 Å². The van der Waals surface area contributed by atoms with E-state index in [-0.39, 0.29) is 23.8 Å². The van der Waals surface area contributed by atoms with Crippen LogP contribution >= 0.6 is 0 Å². The zero-order valence-electron chi connectivity index (χ0n) is 13.7. The topological polar surface area (TPSA) is 52.6 Å². The first kappa shape index (κ1) is 16.2. The van der Waals surface area contributed by atoms with Crippen molar-refractivity contribution in [3.05, 3.63) is 71.8 Å². The predicted molar refractivity (Wildman–Crippen MR) is 89.4 cm³/mol. The van der Waals surface area contributed by atoms with Gasteiger partial charge in [0.2, 0.25) is 0 Å². The first-order valence-corrected chi connectivity index (χ1v) is 7.94. The normalized spacial score (nSPS) is 25.4. The molecule has 1 saturated carbocycles. The van der Waals surface area contributed by atoms with Crippen LogP contribution in [0.25, 0.3) is 0 Å². The molecule has 2 aromatic carbocycles. The lowest BCUT2D eigenvalue weighted by molar-refractivity contribution is -0.164. The van der Waals surface area contributed by atoms with Crippen LogP contribution in [-0.4, -0.2) is 26.2 Å². The molecule has 0 aromatic heterocycles. The Bertz CT molecular complexity index is 639. The van der Waals surface area contributed by atoms with Gasteiger partial charge in [-0.05, 0) is 11.1 Å². The summed E-state index contributed by atoms with van der Waals surface area (Å²) < 4.78 is 10.1. The molecule has 1 aliphatic carbocycles. The Hall–Kier alpha value is -2.62. The van der Waals surface area contributed by atoms with Gasteiger partial charge in [0, 0.05) is 11.8 Å². The Kier molecular flexibility index (Phi) is 4.65. The van der Waals surface area contributed by atoms with Crippen molar-refractivity contribution >= 4 is 11.9 Å². The monoisotopic (exact) mass is 324 g/mol. The van der Waals surface area contributed by atoms with Crippen molar-refractivity contribution in [3.8, 4) is 0 Å². The van der Waals surface area contributed by atoms with Crippen molar-refractivity contribution < 1.29 is 19.1 Å². The van der Waals surface area contributed by atoms with E-state index >= 15 is 0 Å². The Labute approximate surface area is 141 Å². The van der Waals surface area contributed by atoms with Crippen molar-refractivity contribution in [1.82, 2.24) is 0 Å². The summed E-state index contributed by atoms with van der Waals surface area (Å²) in [6.45, 7) is 0. The highest BCUT2D eigenvalue weighted by atomic mass is 16.5. The van der Waals surface area contributed by atoms with Crippen molar-refractivity contribution in [1.29, 1.82) is 0 Å². The molecule has 0 amide bonds. The van der Waals surface area contributed by atoms with Crippen molar-refractivity contribution in [2.24, 2.45) is 11.8 Å². The van der Waals surface area contributed by atoms with Gasteiger partial charge in [-0.2, -0.15) is 0 Å². The number of esters is 2. The van der Waals surface area contributed by atoms with Gasteiger partial charge in [-0.25, -0.2) is 0 Å². The molecule has 3 rings (SSSR count). The van der Waals surface area contributed by atoms with Gasteiger partial charge < -0.3 is 9.47 Å². The Balaban J connectivity index is 2.06. The lowest BCUT2D eigenvalue weighted by atomic mass is 9.52. The van der Waals surface area contributed by atoms with E-state index in [4.69, 9.17) is 9.47 Å². The number of carbonyl (C=O) groups excluding carboxylic acids is 2. The van der Waals surface area contributed by atoms with E-state index in [2.05, 4.69) is 0 Å². The van der Waals surface area contributed by atoms with Crippen LogP contribution in [-0.2, 0) is 19.1 Å². The first-order chi connectivity index (χ1) is 11.7. The van der Waals surface area contributed by atoms with E-state index in [9.17, 15) is 9.59 Å². The van der Waals surface area contributed by atoms with Gasteiger partial charge in [-0.1, -0.05) is 60.7 Å². The minimum Gasteiger partial charge on any atom is -0.469 e. The molecule has 4 heteroatoms. The van der Waals surface area contributed by atoms with Crippen LogP contribution < -0.4 is 0 Å². The Morgan fingerprint density at radius 2 is 1.00 bits per heavy atom. The number of ether oxygens (including phenoxy) is 2. The van der Waals surface area contributed by atoms with Gasteiger partial charge in [0.15, 0.2) is 0 Å². The summed E-state index contributed by atoms with van der Waals surface area (Å²) in [6.07, 6.45) is 0. The first-order valence-electron chi connectivity index (χ1n) is 7.94. The summed E-state index contributed by atoms with van der Waals surface area (Å²) >= 11 is 0. The predicted octanol–water partition coefficient (Wildman–Crippen LogP) is 3.15. The highest BCUT2D eigenvalue weighted by Gasteiger charge is 2.59. The minimum absolute atomic E-state index is 0.240. The molecule has 0 atom stereocenters. The standard InChI is InChI=1S/C20H20O4/c1-23-19(21)17-15(13-9-5-3-6-10-13)18(20(22)24-2)16(17)14-11-7-4-8-12-14/h3-12,15-18H,1-2H3/t15-,16-,17-,18?/m1/s1. The van der Waals surface area contributed by atoms with Gasteiger partial charge in [-0.15, -0.1) is 0 Å². The van der Waals surface area contributed by atoms with Gasteiger partial charge in [0.1, 0.15) is 0 Å². The van der Waals surface area contributed by atoms with Crippen LogP contribution in [0, 0.1) is 11.8 Å². The van der Waals surface area contributed by atoms with Crippen LogP contribution in [0.15, 0.2) is 60.7 Å². The molecule has 0 bridgehead atoms. The average Bonchev–Trinajstić information content (AvgIpc) is 2.62. The molecule has 0 saturated heterocycles. The molecule has 24 heavy (non-hydrogen) atoms. The van der Waals surface area contributed by atoms with Crippen molar-refractivity contribution in [2.75, 3.05) is 14.2 Å². The van der Waals surface area contributed by atoms with Gasteiger partial charge in [0.05, 0.1) is 26.1 Å². The molecule has 0 aliphatic heterocycles. The molecule has 0 radical (unpaired) electrons. The van der Waals surface area contributed by atoms with E-state index in [1.807, 2.05) is 60.7 Å². The summed E-state index contributed by atoms with van der Waals surface area (Å²) in [6, 6.07) is 19.2. The Morgan fingerprint density at radius 1 is 0.667 bits per heavy atom. The highest BCUT2D eigenvalue weighted by molar-refractivity contribution is 5.85. The van der Waals surface area contributed by atoms with E-state index < -0.39 is 11.8 Å². The van der Waals surface area contributed by atoms with Crippen LogP contribution in [0.1, 0.15) is 23.0 Å². The van der Waals surface area contributed by atoms with Crippen LogP contribution in [0.3, 0.4) is 0 Å². The molecule has 0 spiro atoms. The molecule has 1 fully saturated rings. The fourth-order valence-electron chi connectivity index (χ4n) is 3.79. The third-order valence-corrected chi connectivity index (χ3v) is 4.86. The maximum Gasteiger partial charge on any atom is 0.309 e. The van der Waals surface area contributed by atoms with Crippen LogP contribution in [0.4, 0.5) is 0 Å². The van der Waals surface area contributed by atoms with E-state index in [1.54, 1.807) is 0 Å². The number of carbonyl (C=O) groups is 2. The summed E-state index contributed by atoms with van der Waals surface area (Å²) in [7, 11) is 2.77. The largest absolute Gasteiger partial charge is 0.469 e. The second-order valence-electron chi connectivity index (χ2n) is 5.97. The maximum absolute atomic E-state index is 12.4. The van der Waals surface area contributed by atoms with Crippen LogP contribution in [0.2, 0.25) is 0 Å². The second kappa shape index (κ2) is 6.87. The molecule has 0 N–H and O–H groups in total. The number of benzene rings is 2. The summed E-state index contributed by atoms with van der Waals surface area (Å²) in [5.74, 6) is -1.86. The van der Waals surface area contributed by atoms with Gasteiger partial charge >= 0.3 is 11.9 Å². The van der Waals surface area contributed by atoms with Gasteiger partial charge in [0.25, 0.3) is 0 Å². The van der Waals surface area contributed by atoms with Crippen molar-refractivity contribution in [2.45, 2.75) is 11.8 Å². The minimum atomic E-state index is -0.399. The van der Waals surface area contributed by atoms with E-state index in [1.165, 1.54) is 14.2 Å². The fourth-order valence-corrected chi connectivity index (χ4v) is 3.79. The quantitative estimate of drug-likeness (QED) is 0.811. The zero-order valence-corrected chi connectivity index (χ0v) is 13.7. The number of hydrogen-bond donors (Lipinski definition) is 0. The summed E-state index contributed by atoms with van der Waals surface area (Å²) in [5, 5.41) is 0. The molecule has 0 heterocycles. The molecule has 124 valence electrons. The van der Waals surface area contributed by atoms with Crippen LogP contribution in [0.5, 0.6) is 0 Å². The third-order valence-electron chi connectivity index (χ3n) is 4.86. The van der Waals surface area contributed by atoms with Crippen molar-refractivity contribution in [3.63, 3.8) is 0 Å². The second-order valence-corrected chi connectivity index (χ2v) is 5.97. The lowest BCUT2D eigenvalue weighted by Gasteiger charge is -2.49. The molecule has 1 aliphatic rings. The van der Waals surface area contributed by atoms with Gasteiger partial charge in [-0.3, -0.25) is 9.59 Å². The zero-order chi connectivity index (χ0) is 17.1. The number of rotatable bonds is 4. The highest BCUT2D eigenvalue weighted by Crippen LogP contribution is 2.58. The SMILES string of the molecule is COC(=O)C1[C@H](c2ccccc2)[C@@H](C(=O)OC)[C@H]1c1ccccc1. The lowest BCUT2D eigenvalue weighted by Crippen LogP contribution is -2.51. The number of hydrogen-bond acceptors (Lipinski definition) is 4. The summed E-state index contributed by atoms with van der Waals surface area (Å²) in [4.78, 5) is 24.9. The number of methoxy groups -OCH3 is 2. The molecule has 0 unspecified atom stereocenters. The maximum atomic E-state index is 12.4. The Morgan fingerprint density at radius 3 is 1.29 bits per heavy atom. The molecular formula is C20H20O4. The smallest absolute Gasteiger partial charge is 0.309 e. The van der Waals surface area contributed by atoms with E-state index in [0.717, 1.165) is 11.1 Å². The average molecular weight is 324 g/mol. The molecule has 2 aromatic rings. The summed E-state index contributed by atoms with van der Waals surface area (Å²) in [5.41, 5.74) is 1.91. The molecule has 4 nitrogen and oxygen atoms in total. The fraction of sp³-hybridized carbons (Fsp3) is 0.300. The molecular weight excluding hydrogens is 304 g/mol. The third kappa shape index (κ3) is 2.68.